The number of carbonyl (C=O) groups excluding carboxylic acids is 2. The summed E-state index contributed by atoms with van der Waals surface area (Å²) in [6.07, 6.45) is 0.670. The molecule has 1 fully saturated rings. The number of fused-ring (bicyclic) bond motifs is 1. The maximum Gasteiger partial charge on any atom is 0.174 e. The molecule has 2 aliphatic rings. The van der Waals surface area contributed by atoms with Crippen LogP contribution in [0.25, 0.3) is 0 Å². The molecule has 1 aromatic carbocycles. The summed E-state index contributed by atoms with van der Waals surface area (Å²) in [6.45, 7) is 0.688. The van der Waals surface area contributed by atoms with E-state index in [1.807, 2.05) is 0 Å². The highest BCUT2D eigenvalue weighted by molar-refractivity contribution is 6.26. The molecule has 3 rings (SSSR count). The monoisotopic (exact) mass is 202 g/mol. The number of ketones is 2. The Hall–Kier alpha value is -1.48. The van der Waals surface area contributed by atoms with Gasteiger partial charge in [0.2, 0.25) is 0 Å². The van der Waals surface area contributed by atoms with Crippen molar-refractivity contribution in [3.8, 4) is 0 Å². The van der Waals surface area contributed by atoms with Gasteiger partial charge in [0.05, 0.1) is 18.6 Å². The zero-order chi connectivity index (χ0) is 10.4. The number of Topliss-reactive ketones (excluding diaryl/α,β-unsaturated/α-hetero) is 2. The molecule has 0 radical (unpaired) electrons. The summed E-state index contributed by atoms with van der Waals surface area (Å²) in [7, 11) is 0. The molecule has 0 unspecified atom stereocenters. The predicted molar refractivity (Wildman–Crippen MR) is 53.0 cm³/mol. The Balaban J connectivity index is 1.96. The SMILES string of the molecule is O=C1c2ccccc2C(=O)C1C[C@H]1CO1. The molecule has 1 saturated heterocycles. The first-order valence-electron chi connectivity index (χ1n) is 5.06. The van der Waals surface area contributed by atoms with Crippen LogP contribution < -0.4 is 0 Å². The number of rotatable bonds is 2. The minimum Gasteiger partial charge on any atom is -0.373 e. The third-order valence-electron chi connectivity index (χ3n) is 2.99. The van der Waals surface area contributed by atoms with E-state index < -0.39 is 5.92 Å². The molecule has 76 valence electrons. The van der Waals surface area contributed by atoms with Crippen molar-refractivity contribution in [3.05, 3.63) is 35.4 Å². The number of epoxide rings is 1. The standard InChI is InChI=1S/C12H10O3/c13-11-8-3-1-2-4-9(8)12(14)10(11)5-7-6-15-7/h1-4,7,10H,5-6H2/t7-/m0/s1. The quantitative estimate of drug-likeness (QED) is 0.539. The van der Waals surface area contributed by atoms with Crippen LogP contribution in [0.5, 0.6) is 0 Å². The molecule has 0 bridgehead atoms. The van der Waals surface area contributed by atoms with Crippen LogP contribution in [0, 0.1) is 5.92 Å². The van der Waals surface area contributed by atoms with Gasteiger partial charge in [0.25, 0.3) is 0 Å². The average Bonchev–Trinajstić information content (AvgIpc) is 3.04. The van der Waals surface area contributed by atoms with E-state index >= 15 is 0 Å². The van der Waals surface area contributed by atoms with Gasteiger partial charge < -0.3 is 4.74 Å². The lowest BCUT2D eigenvalue weighted by Gasteiger charge is -2.02. The average molecular weight is 202 g/mol. The highest BCUT2D eigenvalue weighted by Gasteiger charge is 2.41. The van der Waals surface area contributed by atoms with E-state index in [1.54, 1.807) is 24.3 Å². The molecule has 3 heteroatoms. The van der Waals surface area contributed by atoms with Crippen LogP contribution in [-0.2, 0) is 4.74 Å². The van der Waals surface area contributed by atoms with Crippen LogP contribution in [0.2, 0.25) is 0 Å². The second-order valence-corrected chi connectivity index (χ2v) is 4.02. The minimum absolute atomic E-state index is 0.0360. The Morgan fingerprint density at radius 1 is 1.13 bits per heavy atom. The lowest BCUT2D eigenvalue weighted by Crippen LogP contribution is -2.17. The molecule has 1 atom stereocenters. The molecular formula is C12H10O3. The molecule has 1 aliphatic carbocycles. The fraction of sp³-hybridized carbons (Fsp3) is 0.333. The van der Waals surface area contributed by atoms with Gasteiger partial charge in [-0.25, -0.2) is 0 Å². The van der Waals surface area contributed by atoms with Crippen molar-refractivity contribution in [2.45, 2.75) is 12.5 Å². The first-order chi connectivity index (χ1) is 7.27. The lowest BCUT2D eigenvalue weighted by molar-refractivity contribution is 0.0823. The first-order valence-corrected chi connectivity index (χ1v) is 5.06. The zero-order valence-electron chi connectivity index (χ0n) is 8.10. The van der Waals surface area contributed by atoms with E-state index in [1.165, 1.54) is 0 Å². The maximum atomic E-state index is 11.9. The van der Waals surface area contributed by atoms with E-state index in [2.05, 4.69) is 0 Å². The number of ether oxygens (including phenoxy) is 1. The summed E-state index contributed by atoms with van der Waals surface area (Å²) in [4.78, 5) is 23.8. The number of hydrogen-bond donors (Lipinski definition) is 0. The van der Waals surface area contributed by atoms with Crippen LogP contribution in [0.4, 0.5) is 0 Å². The van der Waals surface area contributed by atoms with Crippen LogP contribution in [0.1, 0.15) is 27.1 Å². The van der Waals surface area contributed by atoms with Gasteiger partial charge in [0, 0.05) is 11.1 Å². The molecule has 0 spiro atoms. The maximum absolute atomic E-state index is 11.9. The molecule has 1 heterocycles. The van der Waals surface area contributed by atoms with Gasteiger partial charge in [-0.05, 0) is 6.42 Å². The third-order valence-corrected chi connectivity index (χ3v) is 2.99. The number of hydrogen-bond acceptors (Lipinski definition) is 3. The van der Waals surface area contributed by atoms with E-state index in [4.69, 9.17) is 4.74 Å². The summed E-state index contributed by atoms with van der Waals surface area (Å²) in [5, 5.41) is 0. The van der Waals surface area contributed by atoms with Gasteiger partial charge in [-0.2, -0.15) is 0 Å². The molecule has 1 aliphatic heterocycles. The highest BCUT2D eigenvalue weighted by Crippen LogP contribution is 2.32. The van der Waals surface area contributed by atoms with Gasteiger partial charge in [0.15, 0.2) is 11.6 Å². The van der Waals surface area contributed by atoms with Crippen LogP contribution in [0.3, 0.4) is 0 Å². The Morgan fingerprint density at radius 2 is 1.67 bits per heavy atom. The smallest absolute Gasteiger partial charge is 0.174 e. The lowest BCUT2D eigenvalue weighted by atomic mass is 9.98. The molecule has 0 saturated carbocycles. The van der Waals surface area contributed by atoms with Crippen molar-refractivity contribution in [2.24, 2.45) is 5.92 Å². The molecular weight excluding hydrogens is 192 g/mol. The van der Waals surface area contributed by atoms with Crippen molar-refractivity contribution in [1.29, 1.82) is 0 Å². The molecule has 3 nitrogen and oxygen atoms in total. The molecule has 1 aromatic rings. The van der Waals surface area contributed by atoms with Crippen molar-refractivity contribution in [3.63, 3.8) is 0 Å². The predicted octanol–water partition coefficient (Wildman–Crippen LogP) is 1.47. The van der Waals surface area contributed by atoms with Crippen LogP contribution in [-0.4, -0.2) is 24.3 Å². The largest absolute Gasteiger partial charge is 0.373 e. The van der Waals surface area contributed by atoms with Crippen LogP contribution in [0.15, 0.2) is 24.3 Å². The summed E-state index contributed by atoms with van der Waals surface area (Å²) < 4.78 is 5.06. The number of carbonyl (C=O) groups is 2. The topological polar surface area (TPSA) is 46.7 Å². The normalized spacial score (nSPS) is 24.4. The van der Waals surface area contributed by atoms with Crippen molar-refractivity contribution in [1.82, 2.24) is 0 Å². The van der Waals surface area contributed by atoms with E-state index in [-0.39, 0.29) is 17.7 Å². The van der Waals surface area contributed by atoms with E-state index in [0.717, 1.165) is 0 Å². The van der Waals surface area contributed by atoms with Gasteiger partial charge in [-0.15, -0.1) is 0 Å². The summed E-state index contributed by atoms with van der Waals surface area (Å²) in [6, 6.07) is 7.03. The number of benzene rings is 1. The molecule has 0 aromatic heterocycles. The summed E-state index contributed by atoms with van der Waals surface area (Å²) in [5.41, 5.74) is 1.15. The zero-order valence-corrected chi connectivity index (χ0v) is 8.10. The van der Waals surface area contributed by atoms with Gasteiger partial charge in [0.1, 0.15) is 0 Å². The Kier molecular flexibility index (Phi) is 1.76. The minimum atomic E-state index is -0.491. The second kappa shape index (κ2) is 3.00. The van der Waals surface area contributed by atoms with Crippen LogP contribution >= 0.6 is 0 Å². The van der Waals surface area contributed by atoms with Gasteiger partial charge in [-0.3, -0.25) is 9.59 Å². The van der Waals surface area contributed by atoms with Crippen molar-refractivity contribution < 1.29 is 14.3 Å². The summed E-state index contributed by atoms with van der Waals surface area (Å²) >= 11 is 0. The Morgan fingerprint density at radius 3 is 2.13 bits per heavy atom. The summed E-state index contributed by atoms with van der Waals surface area (Å²) in [5.74, 6) is -0.563. The van der Waals surface area contributed by atoms with Gasteiger partial charge >= 0.3 is 0 Å². The molecule has 0 amide bonds. The molecule has 0 N–H and O–H groups in total. The Labute approximate surface area is 87.0 Å². The van der Waals surface area contributed by atoms with E-state index in [9.17, 15) is 9.59 Å². The third kappa shape index (κ3) is 1.31. The highest BCUT2D eigenvalue weighted by atomic mass is 16.6. The van der Waals surface area contributed by atoms with E-state index in [0.29, 0.717) is 24.2 Å². The van der Waals surface area contributed by atoms with Gasteiger partial charge in [-0.1, -0.05) is 24.3 Å². The first kappa shape index (κ1) is 8.80. The Bertz CT molecular complexity index is 411. The molecule has 15 heavy (non-hydrogen) atoms. The second-order valence-electron chi connectivity index (χ2n) is 4.02. The van der Waals surface area contributed by atoms with Crippen molar-refractivity contribution in [2.75, 3.05) is 6.61 Å². The fourth-order valence-electron chi connectivity index (χ4n) is 2.09. The van der Waals surface area contributed by atoms with Crippen molar-refractivity contribution >= 4 is 11.6 Å². The fourth-order valence-corrected chi connectivity index (χ4v) is 2.09.